The summed E-state index contributed by atoms with van der Waals surface area (Å²) >= 11 is 8.74. The summed E-state index contributed by atoms with van der Waals surface area (Å²) in [6.45, 7) is 0. The van der Waals surface area contributed by atoms with Crippen molar-refractivity contribution in [1.82, 2.24) is 9.97 Å². The van der Waals surface area contributed by atoms with Crippen molar-refractivity contribution in [3.8, 4) is 0 Å². The number of carbonyl (C=O) groups is 1. The lowest BCUT2D eigenvalue weighted by Gasteiger charge is -2.06. The average molecular weight is 331 g/mol. The van der Waals surface area contributed by atoms with Crippen LogP contribution in [0.3, 0.4) is 0 Å². The summed E-state index contributed by atoms with van der Waals surface area (Å²) < 4.78 is 13.9. The molecule has 0 saturated carbocycles. The molecule has 0 aliphatic carbocycles. The molecular weight excluding hydrogens is 324 g/mol. The predicted molar refractivity (Wildman–Crippen MR) is 69.1 cm³/mol. The van der Waals surface area contributed by atoms with Gasteiger partial charge in [-0.1, -0.05) is 17.7 Å². The van der Waals surface area contributed by atoms with Crippen LogP contribution in [-0.4, -0.2) is 15.9 Å². The number of benzene rings is 1. The van der Waals surface area contributed by atoms with Crippen LogP contribution in [0, 0.1) is 5.82 Å². The molecular formula is C11H6BrClFN3O. The Kier molecular flexibility index (Phi) is 3.88. The fourth-order valence-electron chi connectivity index (χ4n) is 1.30. The van der Waals surface area contributed by atoms with Crippen molar-refractivity contribution in [2.45, 2.75) is 0 Å². The molecule has 1 amide bonds. The van der Waals surface area contributed by atoms with E-state index in [1.807, 2.05) is 0 Å². The zero-order valence-corrected chi connectivity index (χ0v) is 11.2. The van der Waals surface area contributed by atoms with Gasteiger partial charge in [0, 0.05) is 4.47 Å². The first-order valence-electron chi connectivity index (χ1n) is 4.81. The van der Waals surface area contributed by atoms with Gasteiger partial charge in [0.15, 0.2) is 5.82 Å². The number of hydrogen-bond acceptors (Lipinski definition) is 3. The maximum Gasteiger partial charge on any atom is 0.260 e. The highest BCUT2D eigenvalue weighted by molar-refractivity contribution is 9.10. The highest BCUT2D eigenvalue weighted by Gasteiger charge is 2.16. The van der Waals surface area contributed by atoms with E-state index in [2.05, 4.69) is 31.2 Å². The summed E-state index contributed by atoms with van der Waals surface area (Å²) in [6.07, 6.45) is 2.65. The van der Waals surface area contributed by atoms with Crippen molar-refractivity contribution < 1.29 is 9.18 Å². The van der Waals surface area contributed by atoms with Crippen LogP contribution in [0.2, 0.25) is 5.15 Å². The van der Waals surface area contributed by atoms with Crippen LogP contribution in [0.1, 0.15) is 10.4 Å². The maximum atomic E-state index is 13.5. The summed E-state index contributed by atoms with van der Waals surface area (Å²) in [5, 5.41) is 2.55. The fraction of sp³-hybridized carbons (Fsp3) is 0. The van der Waals surface area contributed by atoms with Gasteiger partial charge in [-0.15, -0.1) is 0 Å². The van der Waals surface area contributed by atoms with Crippen molar-refractivity contribution in [3.05, 3.63) is 51.6 Å². The topological polar surface area (TPSA) is 54.9 Å². The lowest BCUT2D eigenvalue weighted by molar-refractivity contribution is 0.102. The minimum atomic E-state index is -0.628. The summed E-state index contributed by atoms with van der Waals surface area (Å²) in [7, 11) is 0. The molecule has 0 aliphatic rings. The number of amides is 1. The smallest absolute Gasteiger partial charge is 0.260 e. The van der Waals surface area contributed by atoms with Crippen molar-refractivity contribution in [2.75, 3.05) is 5.32 Å². The van der Waals surface area contributed by atoms with E-state index in [0.717, 1.165) is 0 Å². The van der Waals surface area contributed by atoms with Crippen LogP contribution >= 0.6 is 27.5 Å². The Labute approximate surface area is 115 Å². The van der Waals surface area contributed by atoms with Gasteiger partial charge in [-0.25, -0.2) is 9.37 Å². The molecule has 4 nitrogen and oxygen atoms in total. The van der Waals surface area contributed by atoms with E-state index in [4.69, 9.17) is 11.6 Å². The highest BCUT2D eigenvalue weighted by atomic mass is 79.9. The van der Waals surface area contributed by atoms with Crippen LogP contribution in [0.15, 0.2) is 35.1 Å². The third-order valence-electron chi connectivity index (χ3n) is 2.04. The first kappa shape index (κ1) is 12.9. The number of rotatable bonds is 2. The van der Waals surface area contributed by atoms with Gasteiger partial charge in [0.05, 0.1) is 18.0 Å². The van der Waals surface area contributed by atoms with Gasteiger partial charge in [0.2, 0.25) is 0 Å². The molecule has 0 aliphatic heterocycles. The normalized spacial score (nSPS) is 10.2. The largest absolute Gasteiger partial charge is 0.305 e. The Balaban J connectivity index is 2.28. The quantitative estimate of drug-likeness (QED) is 0.919. The maximum absolute atomic E-state index is 13.5. The number of nitrogens with one attached hydrogen (secondary N) is 1. The van der Waals surface area contributed by atoms with Crippen LogP contribution in [0.25, 0.3) is 0 Å². The van der Waals surface area contributed by atoms with Gasteiger partial charge in [-0.3, -0.25) is 9.78 Å². The first-order chi connectivity index (χ1) is 8.58. The molecule has 0 unspecified atom stereocenters. The molecule has 7 heteroatoms. The molecule has 1 aromatic carbocycles. The molecule has 2 aromatic rings. The van der Waals surface area contributed by atoms with Crippen molar-refractivity contribution in [1.29, 1.82) is 0 Å². The van der Waals surface area contributed by atoms with Gasteiger partial charge < -0.3 is 5.32 Å². The molecule has 0 radical (unpaired) electrons. The lowest BCUT2D eigenvalue weighted by Crippen LogP contribution is -2.15. The molecule has 0 fully saturated rings. The highest BCUT2D eigenvalue weighted by Crippen LogP contribution is 2.20. The van der Waals surface area contributed by atoms with Crippen LogP contribution in [0.4, 0.5) is 10.2 Å². The summed E-state index contributed by atoms with van der Waals surface area (Å²) in [4.78, 5) is 19.5. The number of carbonyl (C=O) groups excluding carboxylic acids is 1. The monoisotopic (exact) mass is 329 g/mol. The minimum absolute atomic E-state index is 0.0979. The Morgan fingerprint density at radius 1 is 1.39 bits per heavy atom. The minimum Gasteiger partial charge on any atom is -0.305 e. The third kappa shape index (κ3) is 2.83. The van der Waals surface area contributed by atoms with Crippen LogP contribution in [0.5, 0.6) is 0 Å². The number of aromatic nitrogens is 2. The molecule has 18 heavy (non-hydrogen) atoms. The molecule has 92 valence electrons. The van der Waals surface area contributed by atoms with E-state index in [0.29, 0.717) is 4.47 Å². The molecule has 1 N–H and O–H groups in total. The fourth-order valence-corrected chi connectivity index (χ4v) is 1.97. The van der Waals surface area contributed by atoms with Crippen molar-refractivity contribution >= 4 is 39.3 Å². The second-order valence-electron chi connectivity index (χ2n) is 3.28. The van der Waals surface area contributed by atoms with E-state index < -0.39 is 11.7 Å². The summed E-state index contributed by atoms with van der Waals surface area (Å²) in [6, 6.07) is 4.26. The van der Waals surface area contributed by atoms with E-state index in [1.165, 1.54) is 24.5 Å². The molecule has 0 saturated heterocycles. The average Bonchev–Trinajstić information content (AvgIpc) is 2.28. The SMILES string of the molecule is O=C(Nc1cncc(Cl)n1)c1c(F)cccc1Br. The second kappa shape index (κ2) is 5.41. The predicted octanol–water partition coefficient (Wildman–Crippen LogP) is 3.28. The Morgan fingerprint density at radius 3 is 2.83 bits per heavy atom. The second-order valence-corrected chi connectivity index (χ2v) is 4.52. The number of nitrogens with zero attached hydrogens (tertiary/aromatic N) is 2. The van der Waals surface area contributed by atoms with E-state index in [9.17, 15) is 9.18 Å². The standard InChI is InChI=1S/C11H6BrClFN3O/c12-6-2-1-3-7(14)10(6)11(18)17-9-5-15-4-8(13)16-9/h1-5H,(H,16,17,18). The molecule has 1 heterocycles. The zero-order valence-electron chi connectivity index (χ0n) is 8.82. The Hall–Kier alpha value is -1.53. The van der Waals surface area contributed by atoms with Gasteiger partial charge in [0.1, 0.15) is 11.0 Å². The van der Waals surface area contributed by atoms with E-state index in [1.54, 1.807) is 6.07 Å². The summed E-state index contributed by atoms with van der Waals surface area (Å²) in [5.74, 6) is -1.10. The Morgan fingerprint density at radius 2 is 2.17 bits per heavy atom. The van der Waals surface area contributed by atoms with Gasteiger partial charge in [-0.05, 0) is 28.1 Å². The zero-order chi connectivity index (χ0) is 13.1. The molecule has 1 aromatic heterocycles. The van der Waals surface area contributed by atoms with Crippen LogP contribution < -0.4 is 5.32 Å². The van der Waals surface area contributed by atoms with Crippen molar-refractivity contribution in [3.63, 3.8) is 0 Å². The lowest BCUT2D eigenvalue weighted by atomic mass is 10.2. The molecule has 0 atom stereocenters. The van der Waals surface area contributed by atoms with Gasteiger partial charge in [0.25, 0.3) is 5.91 Å². The van der Waals surface area contributed by atoms with Gasteiger partial charge in [-0.2, -0.15) is 0 Å². The van der Waals surface area contributed by atoms with Crippen LogP contribution in [-0.2, 0) is 0 Å². The number of hydrogen-bond donors (Lipinski definition) is 1. The molecule has 0 spiro atoms. The molecule has 0 bridgehead atoms. The Bertz CT molecular complexity index is 588. The first-order valence-corrected chi connectivity index (χ1v) is 5.98. The van der Waals surface area contributed by atoms with Crippen molar-refractivity contribution in [2.24, 2.45) is 0 Å². The number of anilines is 1. The van der Waals surface area contributed by atoms with Gasteiger partial charge >= 0.3 is 0 Å². The molecule has 2 rings (SSSR count). The number of halogens is 3. The van der Waals surface area contributed by atoms with E-state index >= 15 is 0 Å². The third-order valence-corrected chi connectivity index (χ3v) is 2.88. The summed E-state index contributed by atoms with van der Waals surface area (Å²) in [5.41, 5.74) is -0.0979. The van der Waals surface area contributed by atoms with E-state index in [-0.39, 0.29) is 16.5 Å².